The molecule has 31 heavy (non-hydrogen) atoms. The second kappa shape index (κ2) is 8.38. The van der Waals surface area contributed by atoms with Gasteiger partial charge in [0.25, 0.3) is 5.89 Å². The molecule has 0 aliphatic heterocycles. The van der Waals surface area contributed by atoms with Gasteiger partial charge in [-0.2, -0.15) is 10.2 Å². The summed E-state index contributed by atoms with van der Waals surface area (Å²) in [5.41, 5.74) is 4.01. The van der Waals surface area contributed by atoms with Gasteiger partial charge in [0.05, 0.1) is 30.1 Å². The fourth-order valence-corrected chi connectivity index (χ4v) is 4.85. The first-order valence-electron chi connectivity index (χ1n) is 10.2. The van der Waals surface area contributed by atoms with Gasteiger partial charge in [-0.3, -0.25) is 0 Å². The summed E-state index contributed by atoms with van der Waals surface area (Å²) >= 11 is 0. The largest absolute Gasteiger partial charge is 0.370 e. The van der Waals surface area contributed by atoms with Crippen molar-refractivity contribution in [1.82, 2.24) is 14.9 Å². The molecular weight excluding hydrogens is 416 g/mol. The molecule has 9 heteroatoms. The Balaban J connectivity index is 1.61. The van der Waals surface area contributed by atoms with Crippen molar-refractivity contribution in [2.45, 2.75) is 51.4 Å². The monoisotopic (exact) mass is 440 g/mol. The van der Waals surface area contributed by atoms with E-state index in [0.717, 1.165) is 29.4 Å². The van der Waals surface area contributed by atoms with E-state index in [-0.39, 0.29) is 18.2 Å². The Kier molecular flexibility index (Phi) is 5.79. The fraction of sp³-hybridized carbons (Fsp3) is 0.409. The number of nitriles is 1. The van der Waals surface area contributed by atoms with Crippen LogP contribution < -0.4 is 4.72 Å². The maximum atomic E-state index is 11.7. The van der Waals surface area contributed by atoms with Crippen LogP contribution in [0.3, 0.4) is 0 Å². The lowest BCUT2D eigenvalue weighted by atomic mass is 9.97. The summed E-state index contributed by atoms with van der Waals surface area (Å²) in [7, 11) is -3.31. The molecule has 1 heterocycles. The highest BCUT2D eigenvalue weighted by atomic mass is 32.2. The molecular formula is C22H24N4O4S. The molecule has 4 rings (SSSR count). The molecule has 0 radical (unpaired) electrons. The van der Waals surface area contributed by atoms with E-state index < -0.39 is 10.0 Å². The Morgan fingerprint density at radius 1 is 1.35 bits per heavy atom. The molecule has 2 atom stereocenters. The van der Waals surface area contributed by atoms with Gasteiger partial charge in [-0.1, -0.05) is 29.4 Å². The number of hydrogen-bond donors (Lipinski definition) is 1. The Labute approximate surface area is 181 Å². The molecule has 0 saturated heterocycles. The number of allylic oxidation sites excluding steroid dienone is 2. The van der Waals surface area contributed by atoms with E-state index in [9.17, 15) is 13.7 Å². The predicted octanol–water partition coefficient (Wildman–Crippen LogP) is 3.30. The lowest BCUT2D eigenvalue weighted by molar-refractivity contribution is 0.0327. The smallest absolute Gasteiger partial charge is 0.257 e. The molecule has 1 N–H and O–H groups in total. The highest BCUT2D eigenvalue weighted by Gasteiger charge is 2.29. The number of hydrogen-bond acceptors (Lipinski definition) is 7. The van der Waals surface area contributed by atoms with Crippen LogP contribution >= 0.6 is 0 Å². The van der Waals surface area contributed by atoms with E-state index in [1.165, 1.54) is 0 Å². The quantitative estimate of drug-likeness (QED) is 0.732. The first kappa shape index (κ1) is 21.4. The minimum absolute atomic E-state index is 0.0212. The number of aromatic nitrogens is 2. The minimum atomic E-state index is -3.31. The van der Waals surface area contributed by atoms with Crippen molar-refractivity contribution in [3.8, 4) is 17.5 Å². The summed E-state index contributed by atoms with van der Waals surface area (Å²) < 4.78 is 37.3. The van der Waals surface area contributed by atoms with E-state index in [4.69, 9.17) is 9.26 Å². The Morgan fingerprint density at radius 3 is 2.87 bits per heavy atom. The highest BCUT2D eigenvalue weighted by molar-refractivity contribution is 7.88. The Hall–Kier alpha value is -2.80. The lowest BCUT2D eigenvalue weighted by Crippen LogP contribution is -2.25. The van der Waals surface area contributed by atoms with Crippen LogP contribution in [-0.4, -0.2) is 37.0 Å². The summed E-state index contributed by atoms with van der Waals surface area (Å²) in [6.45, 7) is 3.87. The molecule has 2 aliphatic carbocycles. The van der Waals surface area contributed by atoms with Gasteiger partial charge < -0.3 is 9.26 Å². The molecule has 1 aromatic carbocycles. The van der Waals surface area contributed by atoms with E-state index >= 15 is 0 Å². The van der Waals surface area contributed by atoms with Crippen molar-refractivity contribution >= 4 is 15.6 Å². The van der Waals surface area contributed by atoms with Crippen LogP contribution in [0.25, 0.3) is 17.0 Å². The van der Waals surface area contributed by atoms with Gasteiger partial charge in [0.2, 0.25) is 15.8 Å². The highest BCUT2D eigenvalue weighted by Crippen LogP contribution is 2.37. The number of nitrogens with one attached hydrogen (secondary N) is 1. The predicted molar refractivity (Wildman–Crippen MR) is 115 cm³/mol. The first-order chi connectivity index (χ1) is 14.7. The standard InChI is InChI=1S/C22H24N4O4S/c1-13(2)29-20-10-7-14(11-15(20)12-23)22-24-21(25-30-22)18-6-4-5-17-16(18)8-9-19(17)26-31(3,27)28/h4-7,11,13,19-20,26H,8-10H2,1-3H3/t19-,20?/m0/s1. The molecule has 2 aliphatic rings. The number of rotatable bonds is 6. The van der Waals surface area contributed by atoms with E-state index in [1.807, 2.05) is 38.1 Å². The zero-order valence-corrected chi connectivity index (χ0v) is 18.4. The van der Waals surface area contributed by atoms with Crippen LogP contribution in [0, 0.1) is 11.3 Å². The van der Waals surface area contributed by atoms with Crippen LogP contribution in [0.15, 0.2) is 40.4 Å². The minimum Gasteiger partial charge on any atom is -0.370 e. The van der Waals surface area contributed by atoms with Crippen LogP contribution in [-0.2, 0) is 21.2 Å². The van der Waals surface area contributed by atoms with Crippen LogP contribution in [0.2, 0.25) is 0 Å². The van der Waals surface area contributed by atoms with E-state index in [1.54, 1.807) is 6.08 Å². The zero-order valence-electron chi connectivity index (χ0n) is 17.6. The van der Waals surface area contributed by atoms with Gasteiger partial charge in [-0.05, 0) is 50.3 Å². The van der Waals surface area contributed by atoms with Gasteiger partial charge in [-0.15, -0.1) is 0 Å². The third-order valence-corrected chi connectivity index (χ3v) is 6.03. The summed E-state index contributed by atoms with van der Waals surface area (Å²) in [5.74, 6) is 0.785. The zero-order chi connectivity index (χ0) is 22.2. The van der Waals surface area contributed by atoms with Gasteiger partial charge in [0, 0.05) is 17.2 Å². The van der Waals surface area contributed by atoms with Crippen molar-refractivity contribution in [2.75, 3.05) is 6.26 Å². The SMILES string of the molecule is CC(C)OC1CC=C(c2nc(-c3cccc4c3CC[C@@H]4NS(C)(=O)=O)no2)C=C1C#N. The van der Waals surface area contributed by atoms with Crippen molar-refractivity contribution in [3.63, 3.8) is 0 Å². The van der Waals surface area contributed by atoms with E-state index in [0.29, 0.717) is 35.7 Å². The van der Waals surface area contributed by atoms with Gasteiger partial charge in [0.1, 0.15) is 0 Å². The maximum Gasteiger partial charge on any atom is 0.257 e. The molecule has 8 nitrogen and oxygen atoms in total. The molecule has 0 fully saturated rings. The summed E-state index contributed by atoms with van der Waals surface area (Å²) in [4.78, 5) is 4.56. The molecule has 0 bridgehead atoms. The number of fused-ring (bicyclic) bond motifs is 1. The Morgan fingerprint density at radius 2 is 2.16 bits per heavy atom. The number of nitrogens with zero attached hydrogens (tertiary/aromatic N) is 3. The fourth-order valence-electron chi connectivity index (χ4n) is 4.09. The van der Waals surface area contributed by atoms with Gasteiger partial charge in [0.15, 0.2) is 0 Å². The second-order valence-corrected chi connectivity index (χ2v) is 9.84. The van der Waals surface area contributed by atoms with Gasteiger partial charge >= 0.3 is 0 Å². The molecule has 162 valence electrons. The van der Waals surface area contributed by atoms with Crippen molar-refractivity contribution in [1.29, 1.82) is 5.26 Å². The summed E-state index contributed by atoms with van der Waals surface area (Å²) in [5, 5.41) is 13.6. The third kappa shape index (κ3) is 4.61. The van der Waals surface area contributed by atoms with Crippen molar-refractivity contribution in [3.05, 3.63) is 52.9 Å². The average Bonchev–Trinajstić information content (AvgIpc) is 3.34. The second-order valence-electron chi connectivity index (χ2n) is 8.06. The van der Waals surface area contributed by atoms with Crippen LogP contribution in [0.5, 0.6) is 0 Å². The van der Waals surface area contributed by atoms with Crippen LogP contribution in [0.1, 0.15) is 49.7 Å². The lowest BCUT2D eigenvalue weighted by Gasteiger charge is -2.21. The van der Waals surface area contributed by atoms with Crippen LogP contribution in [0.4, 0.5) is 0 Å². The molecule has 0 saturated carbocycles. The van der Waals surface area contributed by atoms with Crippen molar-refractivity contribution in [2.24, 2.45) is 0 Å². The number of sulfonamides is 1. The molecule has 2 aromatic rings. The first-order valence-corrected chi connectivity index (χ1v) is 12.0. The topological polar surface area (TPSA) is 118 Å². The molecule has 0 amide bonds. The molecule has 1 unspecified atom stereocenters. The van der Waals surface area contributed by atoms with Gasteiger partial charge in [-0.25, -0.2) is 13.1 Å². The Bertz CT molecular complexity index is 1200. The maximum absolute atomic E-state index is 11.7. The normalized spacial score (nSPS) is 20.9. The number of ether oxygens (including phenoxy) is 1. The van der Waals surface area contributed by atoms with E-state index in [2.05, 4.69) is 20.9 Å². The molecule has 1 aromatic heterocycles. The van der Waals surface area contributed by atoms with Crippen molar-refractivity contribution < 1.29 is 17.7 Å². The summed E-state index contributed by atoms with van der Waals surface area (Å²) in [6, 6.07) is 7.66. The average molecular weight is 441 g/mol. The molecule has 0 spiro atoms. The number of benzene rings is 1. The summed E-state index contributed by atoms with van der Waals surface area (Å²) in [6.07, 6.45) is 6.55. The third-order valence-electron chi connectivity index (χ3n) is 5.32.